The first-order chi connectivity index (χ1) is 5.33. The fraction of sp³-hybridized carbons (Fsp3) is 1.00. The number of alkyl halides is 2. The molecular formula is C8H15ClFN. The molecule has 0 unspecified atom stereocenters. The molecule has 1 fully saturated rings. The SMILES string of the molecule is FCCNC1CCC(Cl)CC1. The summed E-state index contributed by atoms with van der Waals surface area (Å²) < 4.78 is 11.7. The van der Waals surface area contributed by atoms with Gasteiger partial charge < -0.3 is 5.32 Å². The molecule has 66 valence electrons. The molecule has 0 aromatic rings. The van der Waals surface area contributed by atoms with Gasteiger partial charge in [0.25, 0.3) is 0 Å². The number of rotatable bonds is 3. The van der Waals surface area contributed by atoms with Gasteiger partial charge in [-0.15, -0.1) is 11.6 Å². The molecule has 1 saturated carbocycles. The molecule has 0 radical (unpaired) electrons. The third-order valence-corrected chi connectivity index (χ3v) is 2.62. The van der Waals surface area contributed by atoms with Gasteiger partial charge in [0.15, 0.2) is 0 Å². The second-order valence-corrected chi connectivity index (χ2v) is 3.71. The van der Waals surface area contributed by atoms with Crippen LogP contribution in [0.5, 0.6) is 0 Å². The summed E-state index contributed by atoms with van der Waals surface area (Å²) in [6, 6.07) is 0.515. The van der Waals surface area contributed by atoms with E-state index in [4.69, 9.17) is 11.6 Å². The molecule has 0 saturated heterocycles. The van der Waals surface area contributed by atoms with E-state index < -0.39 is 0 Å². The Morgan fingerprint density at radius 2 is 1.91 bits per heavy atom. The molecule has 1 nitrogen and oxygen atoms in total. The topological polar surface area (TPSA) is 12.0 Å². The fourth-order valence-electron chi connectivity index (χ4n) is 1.52. The fourth-order valence-corrected chi connectivity index (χ4v) is 1.77. The van der Waals surface area contributed by atoms with Crippen molar-refractivity contribution in [3.8, 4) is 0 Å². The van der Waals surface area contributed by atoms with Crippen LogP contribution in [0.15, 0.2) is 0 Å². The van der Waals surface area contributed by atoms with Crippen molar-refractivity contribution in [2.45, 2.75) is 37.1 Å². The summed E-state index contributed by atoms with van der Waals surface area (Å²) in [4.78, 5) is 0. The quantitative estimate of drug-likeness (QED) is 0.655. The van der Waals surface area contributed by atoms with Gasteiger partial charge in [-0.05, 0) is 25.7 Å². The van der Waals surface area contributed by atoms with Crippen LogP contribution in [-0.2, 0) is 0 Å². The average Bonchev–Trinajstić information content (AvgIpc) is 2.04. The van der Waals surface area contributed by atoms with Gasteiger partial charge in [-0.25, -0.2) is 4.39 Å². The molecule has 1 N–H and O–H groups in total. The largest absolute Gasteiger partial charge is 0.311 e. The van der Waals surface area contributed by atoms with E-state index in [2.05, 4.69) is 5.32 Å². The summed E-state index contributed by atoms with van der Waals surface area (Å²) in [7, 11) is 0. The van der Waals surface area contributed by atoms with Gasteiger partial charge in [0.05, 0.1) is 0 Å². The highest BCUT2D eigenvalue weighted by Gasteiger charge is 2.18. The van der Waals surface area contributed by atoms with E-state index in [0.717, 1.165) is 25.7 Å². The van der Waals surface area contributed by atoms with E-state index in [1.165, 1.54) is 0 Å². The lowest BCUT2D eigenvalue weighted by Gasteiger charge is -2.25. The third-order valence-electron chi connectivity index (χ3n) is 2.18. The minimum atomic E-state index is -0.263. The molecule has 1 aliphatic rings. The van der Waals surface area contributed by atoms with E-state index in [1.807, 2.05) is 0 Å². The first kappa shape index (κ1) is 9.27. The average molecular weight is 180 g/mol. The van der Waals surface area contributed by atoms with Crippen LogP contribution in [0.3, 0.4) is 0 Å². The highest BCUT2D eigenvalue weighted by molar-refractivity contribution is 6.20. The molecule has 0 amide bonds. The Bertz CT molecular complexity index is 99.5. The molecule has 0 aromatic carbocycles. The highest BCUT2D eigenvalue weighted by atomic mass is 35.5. The van der Waals surface area contributed by atoms with Crippen molar-refractivity contribution in [1.82, 2.24) is 5.32 Å². The minimum Gasteiger partial charge on any atom is -0.311 e. The third kappa shape index (κ3) is 3.39. The van der Waals surface area contributed by atoms with Gasteiger partial charge >= 0.3 is 0 Å². The molecule has 11 heavy (non-hydrogen) atoms. The Hall–Kier alpha value is 0.180. The lowest BCUT2D eigenvalue weighted by molar-refractivity contribution is 0.356. The molecule has 3 heteroatoms. The van der Waals surface area contributed by atoms with Gasteiger partial charge in [0.1, 0.15) is 6.67 Å². The molecule has 0 aliphatic heterocycles. The standard InChI is InChI=1S/C8H15ClFN/c9-7-1-3-8(4-2-7)11-6-5-10/h7-8,11H,1-6H2. The molecular weight excluding hydrogens is 165 g/mol. The van der Waals surface area contributed by atoms with Crippen LogP contribution in [-0.4, -0.2) is 24.6 Å². The molecule has 0 bridgehead atoms. The van der Waals surface area contributed by atoms with Gasteiger partial charge in [-0.1, -0.05) is 0 Å². The minimum absolute atomic E-state index is 0.263. The Labute approximate surface area is 72.3 Å². The zero-order valence-electron chi connectivity index (χ0n) is 6.65. The highest BCUT2D eigenvalue weighted by Crippen LogP contribution is 2.22. The van der Waals surface area contributed by atoms with Crippen molar-refractivity contribution < 1.29 is 4.39 Å². The molecule has 1 aliphatic carbocycles. The van der Waals surface area contributed by atoms with Crippen LogP contribution < -0.4 is 5.32 Å². The Balaban J connectivity index is 2.07. The molecule has 0 aromatic heterocycles. The first-order valence-corrected chi connectivity index (χ1v) is 4.70. The summed E-state index contributed by atoms with van der Waals surface area (Å²) in [5, 5.41) is 3.52. The summed E-state index contributed by atoms with van der Waals surface area (Å²) in [6.07, 6.45) is 4.36. The van der Waals surface area contributed by atoms with E-state index in [0.29, 0.717) is 18.0 Å². The maximum atomic E-state index is 11.7. The molecule has 0 atom stereocenters. The van der Waals surface area contributed by atoms with Crippen LogP contribution in [0.2, 0.25) is 0 Å². The summed E-state index contributed by atoms with van der Waals surface area (Å²) in [6.45, 7) is 0.235. The predicted molar refractivity (Wildman–Crippen MR) is 45.9 cm³/mol. The lowest BCUT2D eigenvalue weighted by atomic mass is 9.95. The second-order valence-electron chi connectivity index (χ2n) is 3.09. The number of nitrogens with one attached hydrogen (secondary N) is 1. The Morgan fingerprint density at radius 3 is 2.45 bits per heavy atom. The number of hydrogen-bond donors (Lipinski definition) is 1. The van der Waals surface area contributed by atoms with Crippen molar-refractivity contribution in [2.24, 2.45) is 0 Å². The van der Waals surface area contributed by atoms with Crippen LogP contribution in [0.25, 0.3) is 0 Å². The van der Waals surface area contributed by atoms with Crippen molar-refractivity contribution in [1.29, 1.82) is 0 Å². The van der Waals surface area contributed by atoms with Gasteiger partial charge in [0, 0.05) is 18.0 Å². The predicted octanol–water partition coefficient (Wildman–Crippen LogP) is 2.10. The molecule has 1 rings (SSSR count). The second kappa shape index (κ2) is 4.94. The monoisotopic (exact) mass is 179 g/mol. The van der Waals surface area contributed by atoms with E-state index in [-0.39, 0.29) is 6.67 Å². The summed E-state index contributed by atoms with van der Waals surface area (Å²) in [5.41, 5.74) is 0. The summed E-state index contributed by atoms with van der Waals surface area (Å²) >= 11 is 5.91. The van der Waals surface area contributed by atoms with Crippen LogP contribution in [0, 0.1) is 0 Å². The summed E-state index contributed by atoms with van der Waals surface area (Å²) in [5.74, 6) is 0. The first-order valence-electron chi connectivity index (χ1n) is 4.26. The van der Waals surface area contributed by atoms with Gasteiger partial charge in [-0.2, -0.15) is 0 Å². The van der Waals surface area contributed by atoms with Crippen molar-refractivity contribution >= 4 is 11.6 Å². The van der Waals surface area contributed by atoms with E-state index in [9.17, 15) is 4.39 Å². The zero-order valence-corrected chi connectivity index (χ0v) is 7.41. The van der Waals surface area contributed by atoms with Gasteiger partial charge in [0.2, 0.25) is 0 Å². The Morgan fingerprint density at radius 1 is 1.27 bits per heavy atom. The van der Waals surface area contributed by atoms with Gasteiger partial charge in [-0.3, -0.25) is 0 Å². The number of hydrogen-bond acceptors (Lipinski definition) is 1. The molecule has 0 spiro atoms. The lowest BCUT2D eigenvalue weighted by Crippen LogP contribution is -2.34. The maximum Gasteiger partial charge on any atom is 0.102 e. The van der Waals surface area contributed by atoms with Crippen molar-refractivity contribution in [3.05, 3.63) is 0 Å². The maximum absolute atomic E-state index is 11.7. The Kier molecular flexibility index (Phi) is 4.16. The van der Waals surface area contributed by atoms with E-state index >= 15 is 0 Å². The number of halogens is 2. The smallest absolute Gasteiger partial charge is 0.102 e. The van der Waals surface area contributed by atoms with Crippen LogP contribution in [0.1, 0.15) is 25.7 Å². The van der Waals surface area contributed by atoms with Crippen LogP contribution in [0.4, 0.5) is 4.39 Å². The van der Waals surface area contributed by atoms with Crippen molar-refractivity contribution in [2.75, 3.05) is 13.2 Å². The normalized spacial score (nSPS) is 32.2. The zero-order chi connectivity index (χ0) is 8.10. The van der Waals surface area contributed by atoms with Crippen LogP contribution >= 0.6 is 11.6 Å². The van der Waals surface area contributed by atoms with Crippen molar-refractivity contribution in [3.63, 3.8) is 0 Å². The molecule has 0 heterocycles. The van der Waals surface area contributed by atoms with E-state index in [1.54, 1.807) is 0 Å².